The van der Waals surface area contributed by atoms with E-state index in [1.54, 1.807) is 27.9 Å². The Morgan fingerprint density at radius 3 is 2.43 bits per heavy atom. The first-order chi connectivity index (χ1) is 14.1. The number of hydrogen-bond acceptors (Lipinski definition) is 5. The Labute approximate surface area is 185 Å². The zero-order valence-corrected chi connectivity index (χ0v) is 18.9. The molecule has 2 aromatic carbocycles. The summed E-state index contributed by atoms with van der Waals surface area (Å²) in [5.41, 5.74) is 1.38. The fourth-order valence-electron chi connectivity index (χ4n) is 2.90. The predicted molar refractivity (Wildman–Crippen MR) is 119 cm³/mol. The van der Waals surface area contributed by atoms with Crippen molar-refractivity contribution < 1.29 is 23.5 Å². The van der Waals surface area contributed by atoms with E-state index in [-0.39, 0.29) is 10.6 Å². The fraction of sp³-hybridized carbons (Fsp3) is 0.304. The van der Waals surface area contributed by atoms with Crippen molar-refractivity contribution in [2.75, 3.05) is 7.11 Å². The molecule has 0 bridgehead atoms. The van der Waals surface area contributed by atoms with E-state index >= 15 is 0 Å². The fourth-order valence-corrected chi connectivity index (χ4v) is 4.25. The van der Waals surface area contributed by atoms with E-state index in [0.29, 0.717) is 11.3 Å². The molecule has 4 nitrogen and oxygen atoms in total. The maximum atomic E-state index is 14.7. The van der Waals surface area contributed by atoms with Crippen LogP contribution in [-0.2, 0) is 20.1 Å². The average molecular weight is 451 g/mol. The third-order valence-corrected chi connectivity index (χ3v) is 6.27. The van der Waals surface area contributed by atoms with Crippen LogP contribution in [-0.4, -0.2) is 23.6 Å². The van der Waals surface area contributed by atoms with Crippen LogP contribution in [0.25, 0.3) is 0 Å². The Balaban J connectivity index is 2.34. The predicted octanol–water partition coefficient (Wildman–Crippen LogP) is 5.85. The highest BCUT2D eigenvalue weighted by atomic mass is 35.5. The number of ketones is 1. The molecule has 0 fully saturated rings. The maximum absolute atomic E-state index is 14.7. The second kappa shape index (κ2) is 10.1. The number of carbonyl (C=O) groups is 2. The zero-order chi connectivity index (χ0) is 22.5. The number of methoxy groups -OCH3 is 1. The summed E-state index contributed by atoms with van der Waals surface area (Å²) in [6, 6.07) is 10.2. The highest BCUT2D eigenvalue weighted by molar-refractivity contribution is 8.00. The molecule has 7 heteroatoms. The summed E-state index contributed by atoms with van der Waals surface area (Å²) in [6.07, 6.45) is 0.917. The molecule has 0 aromatic heterocycles. The summed E-state index contributed by atoms with van der Waals surface area (Å²) in [6.45, 7) is 8.41. The van der Waals surface area contributed by atoms with E-state index in [2.05, 4.69) is 6.58 Å². The molecule has 2 rings (SSSR count). The van der Waals surface area contributed by atoms with E-state index in [1.165, 1.54) is 23.9 Å². The Bertz CT molecular complexity index is 918. The van der Waals surface area contributed by atoms with Crippen molar-refractivity contribution in [3.63, 3.8) is 0 Å². The third-order valence-electron chi connectivity index (χ3n) is 4.56. The molecular formula is C23H24ClFO4S. The lowest BCUT2D eigenvalue weighted by atomic mass is 9.87. The van der Waals surface area contributed by atoms with Crippen LogP contribution in [0.5, 0.6) is 5.75 Å². The number of halogens is 2. The van der Waals surface area contributed by atoms with Gasteiger partial charge in [0, 0.05) is 16.3 Å². The van der Waals surface area contributed by atoms with Gasteiger partial charge >= 0.3 is 5.97 Å². The van der Waals surface area contributed by atoms with E-state index in [0.717, 1.165) is 17.6 Å². The average Bonchev–Trinajstić information content (AvgIpc) is 2.69. The molecule has 0 spiro atoms. The first kappa shape index (κ1) is 24.0. The lowest BCUT2D eigenvalue weighted by molar-refractivity contribution is -0.144. The number of ether oxygens (including phenoxy) is 2. The molecule has 160 valence electrons. The monoisotopic (exact) mass is 450 g/mol. The number of Topliss-reactive ketones (excluding diaryl/α,β-unsaturated/α-hetero) is 1. The molecular weight excluding hydrogens is 427 g/mol. The molecule has 0 N–H and O–H groups in total. The number of benzene rings is 2. The highest BCUT2D eigenvalue weighted by Gasteiger charge is 2.42. The smallest absolute Gasteiger partial charge is 0.326 e. The van der Waals surface area contributed by atoms with Crippen molar-refractivity contribution in [3.05, 3.63) is 76.8 Å². The molecule has 0 saturated carbocycles. The van der Waals surface area contributed by atoms with Crippen LogP contribution in [0.15, 0.2) is 49.2 Å². The first-order valence-corrected chi connectivity index (χ1v) is 10.5. The number of aryl methyl sites for hydroxylation is 1. The number of thioether (sulfide) groups is 1. The Morgan fingerprint density at radius 2 is 1.90 bits per heavy atom. The lowest BCUT2D eigenvalue weighted by Crippen LogP contribution is -2.37. The first-order valence-electron chi connectivity index (χ1n) is 9.19. The van der Waals surface area contributed by atoms with Crippen LogP contribution >= 0.6 is 23.4 Å². The van der Waals surface area contributed by atoms with Gasteiger partial charge in [-0.1, -0.05) is 30.3 Å². The van der Waals surface area contributed by atoms with Gasteiger partial charge in [0.2, 0.25) is 0 Å². The van der Waals surface area contributed by atoms with Gasteiger partial charge in [-0.25, -0.2) is 4.39 Å². The number of rotatable bonds is 9. The summed E-state index contributed by atoms with van der Waals surface area (Å²) < 4.78 is 23.7. The van der Waals surface area contributed by atoms with Crippen LogP contribution in [0.1, 0.15) is 36.5 Å². The molecule has 1 unspecified atom stereocenters. The van der Waals surface area contributed by atoms with Crippen LogP contribution in [0.3, 0.4) is 0 Å². The third kappa shape index (κ3) is 5.64. The largest absolute Gasteiger partial charge is 0.497 e. The minimum Gasteiger partial charge on any atom is -0.497 e. The van der Waals surface area contributed by atoms with Gasteiger partial charge in [0.15, 0.2) is 5.78 Å². The standard InChI is InChI=1S/C23H24ClFO4S/c1-6-29-22(27)20(19-17(24)11-14(2)12-18(19)25)21(26)23(3,4)30-13-15-7-9-16(28-5)10-8-15/h6-12,20H,1,13H2,2-5H3. The van der Waals surface area contributed by atoms with Gasteiger partial charge in [0.25, 0.3) is 0 Å². The molecule has 2 aromatic rings. The van der Waals surface area contributed by atoms with Crippen molar-refractivity contribution in [2.45, 2.75) is 37.2 Å². The van der Waals surface area contributed by atoms with E-state index in [1.807, 2.05) is 24.3 Å². The molecule has 1 atom stereocenters. The van der Waals surface area contributed by atoms with Gasteiger partial charge in [0.05, 0.1) is 18.1 Å². The zero-order valence-electron chi connectivity index (χ0n) is 17.3. The molecule has 0 amide bonds. The maximum Gasteiger partial charge on any atom is 0.326 e. The summed E-state index contributed by atoms with van der Waals surface area (Å²) in [5, 5.41) is 0.00261. The molecule has 0 heterocycles. The van der Waals surface area contributed by atoms with Gasteiger partial charge < -0.3 is 9.47 Å². The van der Waals surface area contributed by atoms with Crippen molar-refractivity contribution in [1.29, 1.82) is 0 Å². The number of carbonyl (C=O) groups excluding carboxylic acids is 2. The Morgan fingerprint density at radius 1 is 1.27 bits per heavy atom. The Kier molecular flexibility index (Phi) is 8.10. The molecule has 0 saturated heterocycles. The van der Waals surface area contributed by atoms with Gasteiger partial charge in [-0.2, -0.15) is 0 Å². The van der Waals surface area contributed by atoms with Crippen molar-refractivity contribution in [3.8, 4) is 5.75 Å². The molecule has 30 heavy (non-hydrogen) atoms. The van der Waals surface area contributed by atoms with Gasteiger partial charge in [-0.05, 0) is 56.2 Å². The topological polar surface area (TPSA) is 52.6 Å². The molecule has 0 aliphatic rings. The van der Waals surface area contributed by atoms with Crippen LogP contribution in [0.4, 0.5) is 4.39 Å². The van der Waals surface area contributed by atoms with Crippen molar-refractivity contribution in [1.82, 2.24) is 0 Å². The van der Waals surface area contributed by atoms with E-state index < -0.39 is 28.2 Å². The Hall–Kier alpha value is -2.31. The summed E-state index contributed by atoms with van der Waals surface area (Å²) in [4.78, 5) is 26.0. The number of esters is 1. The van der Waals surface area contributed by atoms with Gasteiger partial charge in [0.1, 0.15) is 17.5 Å². The normalized spacial score (nSPS) is 12.2. The second-order valence-corrected chi connectivity index (χ2v) is 9.20. The van der Waals surface area contributed by atoms with Gasteiger partial charge in [-0.3, -0.25) is 9.59 Å². The quantitative estimate of drug-likeness (QED) is 0.272. The molecule has 0 radical (unpaired) electrons. The minimum atomic E-state index is -1.51. The SMILES string of the molecule is C=COC(=O)C(C(=O)C(C)(C)SCc1ccc(OC)cc1)c1c(F)cc(C)cc1Cl. The van der Waals surface area contributed by atoms with Crippen LogP contribution in [0, 0.1) is 12.7 Å². The molecule has 0 aliphatic heterocycles. The minimum absolute atomic E-state index is 0.00261. The summed E-state index contributed by atoms with van der Waals surface area (Å²) >= 11 is 7.56. The molecule has 0 aliphatic carbocycles. The second-order valence-electron chi connectivity index (χ2n) is 7.19. The lowest BCUT2D eigenvalue weighted by Gasteiger charge is -2.27. The van der Waals surface area contributed by atoms with Crippen molar-refractivity contribution >= 4 is 35.1 Å². The highest BCUT2D eigenvalue weighted by Crippen LogP contribution is 2.38. The van der Waals surface area contributed by atoms with Crippen molar-refractivity contribution in [2.24, 2.45) is 0 Å². The van der Waals surface area contributed by atoms with E-state index in [9.17, 15) is 14.0 Å². The van der Waals surface area contributed by atoms with Gasteiger partial charge in [-0.15, -0.1) is 11.8 Å². The van der Waals surface area contributed by atoms with E-state index in [4.69, 9.17) is 21.1 Å². The van der Waals surface area contributed by atoms with Crippen LogP contribution in [0.2, 0.25) is 5.02 Å². The van der Waals surface area contributed by atoms with Crippen LogP contribution < -0.4 is 4.74 Å². The number of hydrogen-bond donors (Lipinski definition) is 0. The summed E-state index contributed by atoms with van der Waals surface area (Å²) in [5.74, 6) is -2.41. The summed E-state index contributed by atoms with van der Waals surface area (Å²) in [7, 11) is 1.59.